The van der Waals surface area contributed by atoms with E-state index in [1.165, 1.54) is 6.33 Å². The minimum absolute atomic E-state index is 0.148. The van der Waals surface area contributed by atoms with E-state index in [0.717, 1.165) is 37.6 Å². The second-order valence-corrected chi connectivity index (χ2v) is 5.32. The zero-order valence-corrected chi connectivity index (χ0v) is 12.2. The zero-order chi connectivity index (χ0) is 14.8. The van der Waals surface area contributed by atoms with Crippen LogP contribution in [0, 0.1) is 0 Å². The number of rotatable bonds is 2. The molecule has 0 saturated carbocycles. The Hall–Kier alpha value is -2.21. The molecule has 0 radical (unpaired) electrons. The number of hydrogen-bond acceptors (Lipinski definition) is 5. The lowest BCUT2D eigenvalue weighted by molar-refractivity contribution is 0.646. The maximum atomic E-state index is 11.5. The molecule has 1 fully saturated rings. The summed E-state index contributed by atoms with van der Waals surface area (Å²) in [6.07, 6.45) is 1.38. The summed E-state index contributed by atoms with van der Waals surface area (Å²) in [6.45, 7) is 3.17. The Balaban J connectivity index is 1.73. The molecule has 0 bridgehead atoms. The molecule has 1 saturated heterocycles. The first-order chi connectivity index (χ1) is 10.1. The molecule has 2 heterocycles. The van der Waals surface area contributed by atoms with Gasteiger partial charge in [-0.3, -0.25) is 4.79 Å². The highest BCUT2D eigenvalue weighted by Gasteiger charge is 2.21. The molecule has 7 heteroatoms. The van der Waals surface area contributed by atoms with Crippen molar-refractivity contribution in [2.24, 2.45) is 0 Å². The Morgan fingerprint density at radius 1 is 1.19 bits per heavy atom. The molecule has 3 N–H and O–H groups in total. The van der Waals surface area contributed by atoms with E-state index in [1.807, 2.05) is 29.2 Å². The first kappa shape index (κ1) is 13.8. The Labute approximate surface area is 127 Å². The normalized spacial score (nSPS) is 15.3. The van der Waals surface area contributed by atoms with Crippen LogP contribution in [0.4, 0.5) is 17.2 Å². The summed E-state index contributed by atoms with van der Waals surface area (Å²) in [5.41, 5.74) is 7.38. The van der Waals surface area contributed by atoms with Crippen LogP contribution in [0.25, 0.3) is 0 Å². The van der Waals surface area contributed by atoms with Gasteiger partial charge in [0.15, 0.2) is 5.82 Å². The highest BCUT2D eigenvalue weighted by Crippen LogP contribution is 2.23. The van der Waals surface area contributed by atoms with Crippen LogP contribution < -0.4 is 21.1 Å². The Morgan fingerprint density at radius 3 is 2.62 bits per heavy atom. The number of nitrogens with two attached hydrogens (primary N) is 1. The van der Waals surface area contributed by atoms with Gasteiger partial charge < -0.3 is 20.5 Å². The highest BCUT2D eigenvalue weighted by molar-refractivity contribution is 6.32. The van der Waals surface area contributed by atoms with Gasteiger partial charge in [-0.15, -0.1) is 0 Å². The summed E-state index contributed by atoms with van der Waals surface area (Å²) in [6, 6.07) is 7.84. The van der Waals surface area contributed by atoms with Gasteiger partial charge in [0.2, 0.25) is 0 Å². The maximum Gasteiger partial charge on any atom is 0.271 e. The molecular weight excluding hydrogens is 290 g/mol. The lowest BCUT2D eigenvalue weighted by Gasteiger charge is -2.36. The second kappa shape index (κ2) is 5.65. The van der Waals surface area contributed by atoms with Crippen LogP contribution in [0.2, 0.25) is 5.02 Å². The molecule has 0 amide bonds. The predicted molar refractivity (Wildman–Crippen MR) is 85.1 cm³/mol. The third-order valence-corrected chi connectivity index (χ3v) is 3.93. The smallest absolute Gasteiger partial charge is 0.271 e. The van der Waals surface area contributed by atoms with Crippen molar-refractivity contribution in [3.05, 3.63) is 46.0 Å². The zero-order valence-electron chi connectivity index (χ0n) is 11.4. The quantitative estimate of drug-likeness (QED) is 0.819. The largest absolute Gasteiger partial charge is 0.399 e. The van der Waals surface area contributed by atoms with Crippen LogP contribution in [0.5, 0.6) is 0 Å². The average Bonchev–Trinajstić information content (AvgIpc) is 2.50. The SMILES string of the molecule is Nc1cccc(N2CCN(c3nc[nH]c(=O)c3Cl)CC2)c1. The van der Waals surface area contributed by atoms with E-state index >= 15 is 0 Å². The number of benzene rings is 1. The third kappa shape index (κ3) is 2.80. The van der Waals surface area contributed by atoms with Gasteiger partial charge in [-0.05, 0) is 18.2 Å². The maximum absolute atomic E-state index is 11.5. The monoisotopic (exact) mass is 305 g/mol. The van der Waals surface area contributed by atoms with Crippen molar-refractivity contribution in [2.75, 3.05) is 41.7 Å². The van der Waals surface area contributed by atoms with Crippen molar-refractivity contribution in [2.45, 2.75) is 0 Å². The van der Waals surface area contributed by atoms with Crippen molar-refractivity contribution >= 4 is 28.8 Å². The van der Waals surface area contributed by atoms with Crippen LogP contribution in [0.3, 0.4) is 0 Å². The molecule has 110 valence electrons. The number of nitrogens with zero attached hydrogens (tertiary/aromatic N) is 3. The molecule has 0 unspecified atom stereocenters. The summed E-state index contributed by atoms with van der Waals surface area (Å²) in [5, 5.41) is 0.148. The van der Waals surface area contributed by atoms with Crippen LogP contribution >= 0.6 is 11.6 Å². The van der Waals surface area contributed by atoms with Gasteiger partial charge in [0.1, 0.15) is 5.02 Å². The van der Waals surface area contributed by atoms with Gasteiger partial charge >= 0.3 is 0 Å². The van der Waals surface area contributed by atoms with Crippen LogP contribution in [0.15, 0.2) is 35.4 Å². The first-order valence-corrected chi connectivity index (χ1v) is 7.11. The van der Waals surface area contributed by atoms with Gasteiger partial charge in [0.05, 0.1) is 6.33 Å². The lowest BCUT2D eigenvalue weighted by atomic mass is 10.2. The molecule has 0 aliphatic carbocycles. The minimum atomic E-state index is -0.306. The fraction of sp³-hybridized carbons (Fsp3) is 0.286. The number of aromatic nitrogens is 2. The minimum Gasteiger partial charge on any atom is -0.399 e. The standard InChI is InChI=1S/C14H16ClN5O/c15-12-13(17-9-18-14(12)21)20-6-4-19(5-7-20)11-3-1-2-10(16)8-11/h1-3,8-9H,4-7,16H2,(H,17,18,21). The summed E-state index contributed by atoms with van der Waals surface area (Å²) >= 11 is 6.02. The fourth-order valence-electron chi connectivity index (χ4n) is 2.49. The van der Waals surface area contributed by atoms with Crippen molar-refractivity contribution < 1.29 is 0 Å². The summed E-state index contributed by atoms with van der Waals surface area (Å²) in [7, 11) is 0. The van der Waals surface area contributed by atoms with Crippen molar-refractivity contribution in [3.63, 3.8) is 0 Å². The number of hydrogen-bond donors (Lipinski definition) is 2. The highest BCUT2D eigenvalue weighted by atomic mass is 35.5. The van der Waals surface area contributed by atoms with E-state index < -0.39 is 0 Å². The molecule has 1 aromatic heterocycles. The van der Waals surface area contributed by atoms with Crippen molar-refractivity contribution in [1.82, 2.24) is 9.97 Å². The van der Waals surface area contributed by atoms with E-state index in [4.69, 9.17) is 17.3 Å². The molecular formula is C14H16ClN5O. The Kier molecular flexibility index (Phi) is 3.70. The predicted octanol–water partition coefficient (Wildman–Crippen LogP) is 1.33. The third-order valence-electron chi connectivity index (χ3n) is 3.59. The molecule has 21 heavy (non-hydrogen) atoms. The van der Waals surface area contributed by atoms with Crippen molar-refractivity contribution in [3.8, 4) is 0 Å². The molecule has 3 rings (SSSR count). The fourth-order valence-corrected chi connectivity index (χ4v) is 2.71. The number of halogens is 1. The van der Waals surface area contributed by atoms with Crippen LogP contribution in [-0.2, 0) is 0 Å². The first-order valence-electron chi connectivity index (χ1n) is 6.74. The molecule has 0 atom stereocenters. The van der Waals surface area contributed by atoms with Gasteiger partial charge in [-0.2, -0.15) is 0 Å². The lowest BCUT2D eigenvalue weighted by Crippen LogP contribution is -2.47. The summed E-state index contributed by atoms with van der Waals surface area (Å²) in [4.78, 5) is 22.5. The molecule has 1 aliphatic heterocycles. The average molecular weight is 306 g/mol. The number of anilines is 3. The van der Waals surface area contributed by atoms with Crippen molar-refractivity contribution in [1.29, 1.82) is 0 Å². The van der Waals surface area contributed by atoms with E-state index in [-0.39, 0.29) is 10.6 Å². The number of piperazine rings is 1. The molecule has 6 nitrogen and oxygen atoms in total. The topological polar surface area (TPSA) is 78.2 Å². The number of nitrogen functional groups attached to an aromatic ring is 1. The molecule has 0 spiro atoms. The second-order valence-electron chi connectivity index (χ2n) is 4.94. The number of aromatic amines is 1. The van der Waals surface area contributed by atoms with E-state index in [1.54, 1.807) is 0 Å². The van der Waals surface area contributed by atoms with Gasteiger partial charge in [-0.1, -0.05) is 17.7 Å². The number of nitrogens with one attached hydrogen (secondary N) is 1. The summed E-state index contributed by atoms with van der Waals surface area (Å²) < 4.78 is 0. The van der Waals surface area contributed by atoms with E-state index in [2.05, 4.69) is 14.9 Å². The van der Waals surface area contributed by atoms with E-state index in [0.29, 0.717) is 5.82 Å². The van der Waals surface area contributed by atoms with Gasteiger partial charge in [-0.25, -0.2) is 4.98 Å². The Morgan fingerprint density at radius 2 is 1.90 bits per heavy atom. The van der Waals surface area contributed by atoms with Crippen LogP contribution in [0.1, 0.15) is 0 Å². The summed E-state index contributed by atoms with van der Waals surface area (Å²) in [5.74, 6) is 0.549. The molecule has 2 aromatic rings. The molecule has 1 aromatic carbocycles. The van der Waals surface area contributed by atoms with E-state index in [9.17, 15) is 4.79 Å². The van der Waals surface area contributed by atoms with Crippen LogP contribution in [-0.4, -0.2) is 36.1 Å². The Bertz CT molecular complexity index is 694. The van der Waals surface area contributed by atoms with Gasteiger partial charge in [0.25, 0.3) is 5.56 Å². The molecule has 1 aliphatic rings. The van der Waals surface area contributed by atoms with Gasteiger partial charge in [0, 0.05) is 37.6 Å². The number of H-pyrrole nitrogens is 1.